The minimum Gasteiger partial charge on any atom is -0.497 e. The normalized spacial score (nSPS) is 10.7. The highest BCUT2D eigenvalue weighted by atomic mass is 79.9. The Morgan fingerprint density at radius 2 is 1.96 bits per heavy atom. The number of fused-ring (bicyclic) bond motifs is 1. The molecule has 0 aliphatic heterocycles. The molecule has 0 saturated carbocycles. The van der Waals surface area contributed by atoms with Crippen molar-refractivity contribution in [1.29, 1.82) is 0 Å². The second kappa shape index (κ2) is 7.23. The minimum atomic E-state index is -0.0431. The van der Waals surface area contributed by atoms with Gasteiger partial charge >= 0.3 is 0 Å². The summed E-state index contributed by atoms with van der Waals surface area (Å²) in [6, 6.07) is 15.5. The maximum Gasteiger partial charge on any atom is 0.255 e. The van der Waals surface area contributed by atoms with Gasteiger partial charge in [0.1, 0.15) is 5.75 Å². The summed E-state index contributed by atoms with van der Waals surface area (Å²) in [6.07, 6.45) is 0. The van der Waals surface area contributed by atoms with Crippen LogP contribution in [-0.4, -0.2) is 29.9 Å². The summed E-state index contributed by atoms with van der Waals surface area (Å²) in [5.41, 5.74) is 3.22. The van der Waals surface area contributed by atoms with E-state index < -0.39 is 0 Å². The summed E-state index contributed by atoms with van der Waals surface area (Å²) < 4.78 is 6.23. The Morgan fingerprint density at radius 1 is 1.20 bits per heavy atom. The van der Waals surface area contributed by atoms with Crippen molar-refractivity contribution in [1.82, 2.24) is 9.88 Å². The second-order valence-electron chi connectivity index (χ2n) is 5.93. The molecule has 0 bridgehead atoms. The van der Waals surface area contributed by atoms with Crippen LogP contribution in [0.15, 0.2) is 53.0 Å². The number of hydrogen-bond donors (Lipinski definition) is 0. The van der Waals surface area contributed by atoms with Crippen LogP contribution < -0.4 is 4.74 Å². The van der Waals surface area contributed by atoms with Crippen LogP contribution >= 0.6 is 15.9 Å². The fraction of sp³-hybridized carbons (Fsp3) is 0.200. The van der Waals surface area contributed by atoms with E-state index in [0.717, 1.165) is 26.7 Å². The van der Waals surface area contributed by atoms with E-state index in [4.69, 9.17) is 4.74 Å². The molecule has 25 heavy (non-hydrogen) atoms. The molecule has 0 aliphatic carbocycles. The van der Waals surface area contributed by atoms with E-state index in [1.807, 2.05) is 55.5 Å². The molecule has 3 aromatic rings. The number of hydrogen-bond acceptors (Lipinski definition) is 3. The molecule has 0 fully saturated rings. The Kier molecular flexibility index (Phi) is 5.04. The lowest BCUT2D eigenvalue weighted by Crippen LogP contribution is -2.27. The Bertz CT molecular complexity index is 940. The topological polar surface area (TPSA) is 42.4 Å². The smallest absolute Gasteiger partial charge is 0.255 e. The second-order valence-corrected chi connectivity index (χ2v) is 6.79. The molecule has 1 heterocycles. The lowest BCUT2D eigenvalue weighted by atomic mass is 10.1. The maximum atomic E-state index is 12.9. The third-order valence-electron chi connectivity index (χ3n) is 4.16. The number of aromatic nitrogens is 1. The SMILES string of the molecule is COc1ccc2cc(C(=O)N(C)Cc3ccccc3Br)c(C)nc2c1. The first-order chi connectivity index (χ1) is 12.0. The standard InChI is InChI=1S/C20H19BrN2O2/c1-13-17(10-14-8-9-16(25-3)11-19(14)22-13)20(24)23(2)12-15-6-4-5-7-18(15)21/h4-11H,12H2,1-3H3. The first-order valence-corrected chi connectivity index (χ1v) is 8.73. The Hall–Kier alpha value is -2.40. The van der Waals surface area contributed by atoms with E-state index in [-0.39, 0.29) is 5.91 Å². The largest absolute Gasteiger partial charge is 0.497 e. The van der Waals surface area contributed by atoms with Gasteiger partial charge in [-0.05, 0) is 36.8 Å². The van der Waals surface area contributed by atoms with Gasteiger partial charge in [0, 0.05) is 29.5 Å². The zero-order chi connectivity index (χ0) is 18.0. The Morgan fingerprint density at radius 3 is 2.68 bits per heavy atom. The molecule has 5 heteroatoms. The number of pyridine rings is 1. The van der Waals surface area contributed by atoms with Gasteiger partial charge in [0.05, 0.1) is 23.9 Å². The van der Waals surface area contributed by atoms with Crippen LogP contribution in [0, 0.1) is 6.92 Å². The highest BCUT2D eigenvalue weighted by molar-refractivity contribution is 9.10. The van der Waals surface area contributed by atoms with Gasteiger partial charge in [-0.25, -0.2) is 0 Å². The molecule has 0 spiro atoms. The number of carbonyl (C=O) groups is 1. The number of amides is 1. The van der Waals surface area contributed by atoms with Crippen molar-refractivity contribution < 1.29 is 9.53 Å². The van der Waals surface area contributed by atoms with Crippen LogP contribution in [-0.2, 0) is 6.54 Å². The average Bonchev–Trinajstić information content (AvgIpc) is 2.61. The number of methoxy groups -OCH3 is 1. The van der Waals surface area contributed by atoms with Crippen LogP contribution in [0.2, 0.25) is 0 Å². The average molecular weight is 399 g/mol. The molecule has 128 valence electrons. The van der Waals surface area contributed by atoms with Gasteiger partial charge in [0.25, 0.3) is 5.91 Å². The number of halogens is 1. The number of carbonyl (C=O) groups excluding carboxylic acids is 1. The number of nitrogens with zero attached hydrogens (tertiary/aromatic N) is 2. The van der Waals surface area contributed by atoms with Crippen molar-refractivity contribution in [2.45, 2.75) is 13.5 Å². The zero-order valence-corrected chi connectivity index (χ0v) is 16.0. The predicted molar refractivity (Wildman–Crippen MR) is 103 cm³/mol. The van der Waals surface area contributed by atoms with E-state index in [2.05, 4.69) is 20.9 Å². The number of benzene rings is 2. The molecule has 2 aromatic carbocycles. The number of aryl methyl sites for hydroxylation is 1. The molecule has 1 amide bonds. The summed E-state index contributed by atoms with van der Waals surface area (Å²) in [6.45, 7) is 2.39. The first kappa shape index (κ1) is 17.4. The summed E-state index contributed by atoms with van der Waals surface area (Å²) in [4.78, 5) is 19.2. The van der Waals surface area contributed by atoms with Gasteiger partial charge in [-0.3, -0.25) is 9.78 Å². The molecule has 0 N–H and O–H groups in total. The van der Waals surface area contributed by atoms with Crippen LogP contribution in [0.5, 0.6) is 5.75 Å². The molecule has 0 unspecified atom stereocenters. The van der Waals surface area contributed by atoms with E-state index in [1.165, 1.54) is 0 Å². The van der Waals surface area contributed by atoms with Crippen LogP contribution in [0.25, 0.3) is 10.9 Å². The molecule has 0 atom stereocenters. The van der Waals surface area contributed by atoms with E-state index in [1.54, 1.807) is 19.1 Å². The Labute approximate surface area is 155 Å². The van der Waals surface area contributed by atoms with Gasteiger partial charge in [0.2, 0.25) is 0 Å². The van der Waals surface area contributed by atoms with Crippen molar-refractivity contribution in [3.05, 3.63) is 69.8 Å². The fourth-order valence-corrected chi connectivity index (χ4v) is 3.16. The maximum absolute atomic E-state index is 12.9. The zero-order valence-electron chi connectivity index (χ0n) is 14.4. The molecule has 3 rings (SSSR count). The Balaban J connectivity index is 1.91. The molecular weight excluding hydrogens is 380 g/mol. The third kappa shape index (κ3) is 3.66. The van der Waals surface area contributed by atoms with Gasteiger partial charge in [-0.15, -0.1) is 0 Å². The molecule has 4 nitrogen and oxygen atoms in total. The van der Waals surface area contributed by atoms with Crippen LogP contribution in [0.1, 0.15) is 21.6 Å². The number of ether oxygens (including phenoxy) is 1. The minimum absolute atomic E-state index is 0.0431. The van der Waals surface area contributed by atoms with Gasteiger partial charge in [-0.2, -0.15) is 0 Å². The summed E-state index contributed by atoms with van der Waals surface area (Å²) in [7, 11) is 3.43. The van der Waals surface area contributed by atoms with Gasteiger partial charge in [0.15, 0.2) is 0 Å². The van der Waals surface area contributed by atoms with Gasteiger partial charge in [-0.1, -0.05) is 34.1 Å². The van der Waals surface area contributed by atoms with E-state index in [9.17, 15) is 4.79 Å². The summed E-state index contributed by atoms with van der Waals surface area (Å²) in [5.74, 6) is 0.711. The fourth-order valence-electron chi connectivity index (χ4n) is 2.75. The van der Waals surface area contributed by atoms with Crippen LogP contribution in [0.4, 0.5) is 0 Å². The van der Waals surface area contributed by atoms with Crippen molar-refractivity contribution in [2.24, 2.45) is 0 Å². The van der Waals surface area contributed by atoms with Crippen molar-refractivity contribution >= 4 is 32.7 Å². The molecule has 0 radical (unpaired) electrons. The van der Waals surface area contributed by atoms with Gasteiger partial charge < -0.3 is 9.64 Å². The quantitative estimate of drug-likeness (QED) is 0.645. The monoisotopic (exact) mass is 398 g/mol. The van der Waals surface area contributed by atoms with Crippen molar-refractivity contribution in [2.75, 3.05) is 14.2 Å². The molecular formula is C20H19BrN2O2. The van der Waals surface area contributed by atoms with Crippen LogP contribution in [0.3, 0.4) is 0 Å². The van der Waals surface area contributed by atoms with Crippen molar-refractivity contribution in [3.8, 4) is 5.75 Å². The summed E-state index contributed by atoms with van der Waals surface area (Å²) in [5, 5.41) is 0.920. The lowest BCUT2D eigenvalue weighted by molar-refractivity contribution is 0.0784. The third-order valence-corrected chi connectivity index (χ3v) is 4.93. The van der Waals surface area contributed by atoms with E-state index >= 15 is 0 Å². The first-order valence-electron chi connectivity index (χ1n) is 7.94. The molecule has 1 aromatic heterocycles. The molecule has 0 aliphatic rings. The molecule has 0 saturated heterocycles. The lowest BCUT2D eigenvalue weighted by Gasteiger charge is -2.19. The highest BCUT2D eigenvalue weighted by Gasteiger charge is 2.17. The predicted octanol–water partition coefficient (Wildman–Crippen LogP) is 4.59. The number of rotatable bonds is 4. The summed E-state index contributed by atoms with van der Waals surface area (Å²) >= 11 is 3.53. The van der Waals surface area contributed by atoms with E-state index in [0.29, 0.717) is 17.8 Å². The van der Waals surface area contributed by atoms with Crippen molar-refractivity contribution in [3.63, 3.8) is 0 Å². The highest BCUT2D eigenvalue weighted by Crippen LogP contribution is 2.23.